The minimum atomic E-state index is 0.739. The standard InChI is InChI=1S/C16H25NO3/c1-13(7-6-10-17-11-12-18-2)16-14(19-3)8-5-9-15(16)20-4/h5,7-9,17H,6,10-12H2,1-4H3/b13-7-. The number of allylic oxidation sites excluding steroid dienone is 1. The topological polar surface area (TPSA) is 39.7 Å². The van der Waals surface area contributed by atoms with Crippen molar-refractivity contribution in [3.8, 4) is 11.5 Å². The second-order valence-corrected chi connectivity index (χ2v) is 4.46. The molecule has 0 saturated heterocycles. The zero-order chi connectivity index (χ0) is 14.8. The highest BCUT2D eigenvalue weighted by molar-refractivity contribution is 5.74. The zero-order valence-corrected chi connectivity index (χ0v) is 12.9. The molecule has 1 N–H and O–H groups in total. The summed E-state index contributed by atoms with van der Waals surface area (Å²) in [6.45, 7) is 4.62. The molecule has 0 spiro atoms. The Morgan fingerprint density at radius 3 is 2.30 bits per heavy atom. The lowest BCUT2D eigenvalue weighted by Gasteiger charge is -2.13. The van der Waals surface area contributed by atoms with E-state index in [1.807, 2.05) is 18.2 Å². The van der Waals surface area contributed by atoms with Crippen LogP contribution in [0.4, 0.5) is 0 Å². The van der Waals surface area contributed by atoms with Gasteiger partial charge in [0.1, 0.15) is 11.5 Å². The van der Waals surface area contributed by atoms with E-state index < -0.39 is 0 Å². The highest BCUT2D eigenvalue weighted by Gasteiger charge is 2.10. The Labute approximate surface area is 121 Å². The van der Waals surface area contributed by atoms with E-state index in [4.69, 9.17) is 14.2 Å². The van der Waals surface area contributed by atoms with Gasteiger partial charge >= 0.3 is 0 Å². The van der Waals surface area contributed by atoms with E-state index in [9.17, 15) is 0 Å². The molecular weight excluding hydrogens is 254 g/mol. The van der Waals surface area contributed by atoms with Gasteiger partial charge in [-0.2, -0.15) is 0 Å². The first-order chi connectivity index (χ1) is 9.74. The molecule has 112 valence electrons. The first-order valence-corrected chi connectivity index (χ1v) is 6.82. The van der Waals surface area contributed by atoms with E-state index in [0.29, 0.717) is 0 Å². The van der Waals surface area contributed by atoms with Gasteiger partial charge in [-0.15, -0.1) is 0 Å². The van der Waals surface area contributed by atoms with Crippen molar-refractivity contribution >= 4 is 5.57 Å². The van der Waals surface area contributed by atoms with E-state index in [2.05, 4.69) is 18.3 Å². The number of nitrogens with one attached hydrogen (secondary N) is 1. The second-order valence-electron chi connectivity index (χ2n) is 4.46. The van der Waals surface area contributed by atoms with Gasteiger partial charge in [0.25, 0.3) is 0 Å². The van der Waals surface area contributed by atoms with Crippen LogP contribution in [-0.4, -0.2) is 41.0 Å². The van der Waals surface area contributed by atoms with Crippen LogP contribution in [0.3, 0.4) is 0 Å². The van der Waals surface area contributed by atoms with Crippen molar-refractivity contribution in [2.45, 2.75) is 13.3 Å². The third-order valence-corrected chi connectivity index (χ3v) is 3.08. The summed E-state index contributed by atoms with van der Waals surface area (Å²) < 4.78 is 15.8. The predicted molar refractivity (Wildman–Crippen MR) is 82.6 cm³/mol. The molecule has 4 nitrogen and oxygen atoms in total. The van der Waals surface area contributed by atoms with Gasteiger partial charge in [-0.25, -0.2) is 0 Å². The van der Waals surface area contributed by atoms with Crippen molar-refractivity contribution in [1.29, 1.82) is 0 Å². The molecule has 1 aromatic rings. The fraction of sp³-hybridized carbons (Fsp3) is 0.500. The number of benzene rings is 1. The Balaban J connectivity index is 2.68. The van der Waals surface area contributed by atoms with Gasteiger partial charge in [0.2, 0.25) is 0 Å². The summed E-state index contributed by atoms with van der Waals surface area (Å²) in [6, 6.07) is 5.83. The van der Waals surface area contributed by atoms with Crippen LogP contribution in [-0.2, 0) is 4.74 Å². The average molecular weight is 279 g/mol. The molecule has 0 aliphatic rings. The molecule has 20 heavy (non-hydrogen) atoms. The van der Waals surface area contributed by atoms with Crippen molar-refractivity contribution in [2.75, 3.05) is 41.0 Å². The molecule has 1 aromatic carbocycles. The summed E-state index contributed by atoms with van der Waals surface area (Å²) in [4.78, 5) is 0. The summed E-state index contributed by atoms with van der Waals surface area (Å²) in [5.41, 5.74) is 2.18. The Morgan fingerprint density at radius 2 is 1.75 bits per heavy atom. The quantitative estimate of drug-likeness (QED) is 0.706. The average Bonchev–Trinajstić information content (AvgIpc) is 2.49. The summed E-state index contributed by atoms with van der Waals surface area (Å²) in [5.74, 6) is 1.68. The van der Waals surface area contributed by atoms with Gasteiger partial charge < -0.3 is 19.5 Å². The second kappa shape index (κ2) is 9.39. The summed E-state index contributed by atoms with van der Waals surface area (Å²) in [5, 5.41) is 3.32. The maximum atomic E-state index is 5.42. The van der Waals surface area contributed by atoms with Crippen molar-refractivity contribution in [1.82, 2.24) is 5.32 Å². The first kappa shape index (κ1) is 16.5. The molecule has 0 fully saturated rings. The van der Waals surface area contributed by atoms with Gasteiger partial charge in [-0.3, -0.25) is 0 Å². The molecule has 0 heterocycles. The van der Waals surface area contributed by atoms with E-state index >= 15 is 0 Å². The molecule has 0 radical (unpaired) electrons. The summed E-state index contributed by atoms with van der Waals surface area (Å²) in [6.07, 6.45) is 3.15. The van der Waals surface area contributed by atoms with Crippen LogP contribution < -0.4 is 14.8 Å². The van der Waals surface area contributed by atoms with Crippen molar-refractivity contribution in [3.63, 3.8) is 0 Å². The monoisotopic (exact) mass is 279 g/mol. The van der Waals surface area contributed by atoms with Crippen molar-refractivity contribution in [2.24, 2.45) is 0 Å². The molecule has 4 heteroatoms. The summed E-state index contributed by atoms with van der Waals surface area (Å²) >= 11 is 0. The maximum absolute atomic E-state index is 5.42. The van der Waals surface area contributed by atoms with Crippen LogP contribution in [0.15, 0.2) is 24.3 Å². The van der Waals surface area contributed by atoms with E-state index in [0.717, 1.165) is 48.8 Å². The molecule has 0 saturated carbocycles. The van der Waals surface area contributed by atoms with Gasteiger partial charge in [-0.05, 0) is 37.6 Å². The van der Waals surface area contributed by atoms with E-state index in [-0.39, 0.29) is 0 Å². The minimum absolute atomic E-state index is 0.739. The number of hydrogen-bond acceptors (Lipinski definition) is 4. The number of rotatable bonds is 9. The Hall–Kier alpha value is -1.52. The van der Waals surface area contributed by atoms with Gasteiger partial charge in [0.05, 0.1) is 26.4 Å². The van der Waals surface area contributed by atoms with Crippen LogP contribution in [0, 0.1) is 0 Å². The highest BCUT2D eigenvalue weighted by atomic mass is 16.5. The lowest BCUT2D eigenvalue weighted by atomic mass is 10.0. The highest BCUT2D eigenvalue weighted by Crippen LogP contribution is 2.34. The lowest BCUT2D eigenvalue weighted by molar-refractivity contribution is 0.199. The number of hydrogen-bond donors (Lipinski definition) is 1. The van der Waals surface area contributed by atoms with E-state index in [1.54, 1.807) is 21.3 Å². The minimum Gasteiger partial charge on any atom is -0.496 e. The van der Waals surface area contributed by atoms with Gasteiger partial charge in [0.15, 0.2) is 0 Å². The van der Waals surface area contributed by atoms with E-state index in [1.165, 1.54) is 0 Å². The Kier molecular flexibility index (Phi) is 7.77. The molecule has 0 bridgehead atoms. The summed E-state index contributed by atoms with van der Waals surface area (Å²) in [7, 11) is 5.06. The zero-order valence-electron chi connectivity index (χ0n) is 12.9. The molecule has 0 atom stereocenters. The maximum Gasteiger partial charge on any atom is 0.130 e. The van der Waals surface area contributed by atoms with Crippen LogP contribution >= 0.6 is 0 Å². The van der Waals surface area contributed by atoms with Crippen molar-refractivity contribution < 1.29 is 14.2 Å². The van der Waals surface area contributed by atoms with Crippen LogP contribution in [0.25, 0.3) is 5.57 Å². The Bertz CT molecular complexity index is 407. The SMILES string of the molecule is COCCNCC/C=C(/C)c1c(OC)cccc1OC. The number of methoxy groups -OCH3 is 3. The lowest BCUT2D eigenvalue weighted by Crippen LogP contribution is -2.19. The fourth-order valence-electron chi connectivity index (χ4n) is 2.03. The molecule has 1 rings (SSSR count). The largest absolute Gasteiger partial charge is 0.496 e. The molecule has 0 unspecified atom stereocenters. The smallest absolute Gasteiger partial charge is 0.130 e. The third-order valence-electron chi connectivity index (χ3n) is 3.08. The molecule has 0 aliphatic carbocycles. The predicted octanol–water partition coefficient (Wildman–Crippen LogP) is 2.73. The Morgan fingerprint density at radius 1 is 1.10 bits per heavy atom. The molecule has 0 aliphatic heterocycles. The molecular formula is C16H25NO3. The van der Waals surface area contributed by atoms with Crippen LogP contribution in [0.1, 0.15) is 18.9 Å². The molecule has 0 aromatic heterocycles. The van der Waals surface area contributed by atoms with Crippen molar-refractivity contribution in [3.05, 3.63) is 29.8 Å². The van der Waals surface area contributed by atoms with Crippen LogP contribution in [0.5, 0.6) is 11.5 Å². The normalized spacial score (nSPS) is 11.5. The number of ether oxygens (including phenoxy) is 3. The third kappa shape index (κ3) is 4.87. The van der Waals surface area contributed by atoms with Gasteiger partial charge in [0, 0.05) is 13.7 Å². The van der Waals surface area contributed by atoms with Crippen LogP contribution in [0.2, 0.25) is 0 Å². The first-order valence-electron chi connectivity index (χ1n) is 6.82. The van der Waals surface area contributed by atoms with Gasteiger partial charge in [-0.1, -0.05) is 12.1 Å². The molecule has 0 amide bonds. The fourth-order valence-corrected chi connectivity index (χ4v) is 2.03.